The van der Waals surface area contributed by atoms with E-state index in [1.54, 1.807) is 12.3 Å². The molecule has 1 aliphatic rings. The summed E-state index contributed by atoms with van der Waals surface area (Å²) in [4.78, 5) is 21.1. The summed E-state index contributed by atoms with van der Waals surface area (Å²) < 4.78 is 0. The van der Waals surface area contributed by atoms with Gasteiger partial charge in [0.15, 0.2) is 0 Å². The first-order valence-corrected chi connectivity index (χ1v) is 8.92. The number of carbonyl (C=O) groups is 1. The zero-order valence-electron chi connectivity index (χ0n) is 14.6. The van der Waals surface area contributed by atoms with Crippen molar-refractivity contribution in [2.24, 2.45) is 0 Å². The highest BCUT2D eigenvalue weighted by atomic mass is 16.2. The molecular formula is C22H21N3O. The van der Waals surface area contributed by atoms with Crippen molar-refractivity contribution in [2.45, 2.75) is 0 Å². The van der Waals surface area contributed by atoms with Crippen LogP contribution >= 0.6 is 0 Å². The van der Waals surface area contributed by atoms with Crippen molar-refractivity contribution < 1.29 is 4.79 Å². The van der Waals surface area contributed by atoms with Crippen molar-refractivity contribution in [3.63, 3.8) is 0 Å². The second kappa shape index (κ2) is 7.40. The van der Waals surface area contributed by atoms with Gasteiger partial charge in [-0.15, -0.1) is 0 Å². The van der Waals surface area contributed by atoms with Gasteiger partial charge in [-0.3, -0.25) is 4.79 Å². The Kier molecular flexibility index (Phi) is 4.65. The van der Waals surface area contributed by atoms with E-state index in [0.717, 1.165) is 37.6 Å². The van der Waals surface area contributed by atoms with Gasteiger partial charge in [0.1, 0.15) is 5.82 Å². The van der Waals surface area contributed by atoms with E-state index in [0.29, 0.717) is 0 Å². The summed E-state index contributed by atoms with van der Waals surface area (Å²) in [7, 11) is 0. The van der Waals surface area contributed by atoms with E-state index in [4.69, 9.17) is 0 Å². The van der Waals surface area contributed by atoms with Crippen LogP contribution in [0.5, 0.6) is 0 Å². The van der Waals surface area contributed by atoms with Crippen molar-refractivity contribution in [1.82, 2.24) is 9.88 Å². The van der Waals surface area contributed by atoms with E-state index < -0.39 is 0 Å². The van der Waals surface area contributed by atoms with Gasteiger partial charge in [-0.2, -0.15) is 0 Å². The second-order valence-corrected chi connectivity index (χ2v) is 6.40. The highest BCUT2D eigenvalue weighted by Crippen LogP contribution is 2.20. The molecule has 4 heteroatoms. The molecule has 1 aliphatic heterocycles. The summed E-state index contributed by atoms with van der Waals surface area (Å²) in [6.45, 7) is 3.06. The molecule has 0 atom stereocenters. The number of rotatable bonds is 3. The Balaban J connectivity index is 1.42. The highest BCUT2D eigenvalue weighted by molar-refractivity contribution is 5.96. The van der Waals surface area contributed by atoms with E-state index >= 15 is 0 Å². The number of aromatic nitrogens is 1. The van der Waals surface area contributed by atoms with Crippen LogP contribution in [-0.4, -0.2) is 42.0 Å². The van der Waals surface area contributed by atoms with Crippen LogP contribution in [0.1, 0.15) is 5.56 Å². The predicted molar refractivity (Wildman–Crippen MR) is 106 cm³/mol. The standard InChI is InChI=1S/C22H21N3O/c26-22(12-11-19-8-5-7-18-6-1-2-9-20(18)19)25-16-14-24(15-17-25)21-10-3-4-13-23-21/h1-13H,14-17H2/b12-11+. The van der Waals surface area contributed by atoms with Gasteiger partial charge in [0, 0.05) is 38.5 Å². The van der Waals surface area contributed by atoms with Crippen molar-refractivity contribution >= 4 is 28.6 Å². The number of anilines is 1. The molecule has 2 heterocycles. The summed E-state index contributed by atoms with van der Waals surface area (Å²) in [5.74, 6) is 1.05. The van der Waals surface area contributed by atoms with Crippen LogP contribution in [0.15, 0.2) is 72.9 Å². The van der Waals surface area contributed by atoms with E-state index in [1.807, 2.05) is 53.4 Å². The molecule has 0 bridgehead atoms. The Bertz CT molecular complexity index is 923. The first-order chi connectivity index (χ1) is 12.8. The average Bonchev–Trinajstić information content (AvgIpc) is 2.73. The van der Waals surface area contributed by atoms with Crippen molar-refractivity contribution in [1.29, 1.82) is 0 Å². The van der Waals surface area contributed by atoms with Crippen LogP contribution in [0.3, 0.4) is 0 Å². The number of fused-ring (bicyclic) bond motifs is 1. The van der Waals surface area contributed by atoms with Gasteiger partial charge in [-0.05, 0) is 34.5 Å². The molecule has 1 fully saturated rings. The minimum absolute atomic E-state index is 0.0682. The lowest BCUT2D eigenvalue weighted by Crippen LogP contribution is -2.48. The fourth-order valence-corrected chi connectivity index (χ4v) is 3.36. The van der Waals surface area contributed by atoms with Gasteiger partial charge in [-0.25, -0.2) is 4.98 Å². The molecule has 0 spiro atoms. The number of amides is 1. The van der Waals surface area contributed by atoms with Gasteiger partial charge in [-0.1, -0.05) is 48.5 Å². The summed E-state index contributed by atoms with van der Waals surface area (Å²) in [5, 5.41) is 2.35. The van der Waals surface area contributed by atoms with Gasteiger partial charge >= 0.3 is 0 Å². The number of hydrogen-bond donors (Lipinski definition) is 0. The summed E-state index contributed by atoms with van der Waals surface area (Å²) in [6.07, 6.45) is 5.42. The molecule has 3 aromatic rings. The molecule has 0 saturated carbocycles. The number of benzene rings is 2. The maximum Gasteiger partial charge on any atom is 0.246 e. The molecule has 4 nitrogen and oxygen atoms in total. The number of hydrogen-bond acceptors (Lipinski definition) is 3. The number of pyridine rings is 1. The molecule has 26 heavy (non-hydrogen) atoms. The third-order valence-corrected chi connectivity index (χ3v) is 4.79. The predicted octanol–water partition coefficient (Wildman–Crippen LogP) is 3.60. The molecular weight excluding hydrogens is 322 g/mol. The smallest absolute Gasteiger partial charge is 0.246 e. The molecule has 2 aromatic carbocycles. The lowest BCUT2D eigenvalue weighted by Gasteiger charge is -2.34. The van der Waals surface area contributed by atoms with E-state index in [1.165, 1.54) is 10.8 Å². The monoisotopic (exact) mass is 343 g/mol. The molecule has 0 radical (unpaired) electrons. The quantitative estimate of drug-likeness (QED) is 0.682. The Labute approximate surface area is 153 Å². The number of nitrogens with zero attached hydrogens (tertiary/aromatic N) is 3. The summed E-state index contributed by atoms with van der Waals surface area (Å²) in [6, 6.07) is 20.3. The third-order valence-electron chi connectivity index (χ3n) is 4.79. The van der Waals surface area contributed by atoms with Gasteiger partial charge < -0.3 is 9.80 Å². The second-order valence-electron chi connectivity index (χ2n) is 6.40. The van der Waals surface area contributed by atoms with Crippen LogP contribution in [0.25, 0.3) is 16.8 Å². The molecule has 0 N–H and O–H groups in total. The van der Waals surface area contributed by atoms with E-state index in [-0.39, 0.29) is 5.91 Å². The van der Waals surface area contributed by atoms with Gasteiger partial charge in [0.2, 0.25) is 5.91 Å². The minimum atomic E-state index is 0.0682. The normalized spacial score (nSPS) is 14.9. The summed E-state index contributed by atoms with van der Waals surface area (Å²) >= 11 is 0. The van der Waals surface area contributed by atoms with E-state index in [2.05, 4.69) is 28.1 Å². The van der Waals surface area contributed by atoms with Crippen molar-refractivity contribution in [3.05, 3.63) is 78.5 Å². The average molecular weight is 343 g/mol. The maximum absolute atomic E-state index is 12.6. The van der Waals surface area contributed by atoms with Crippen LogP contribution < -0.4 is 4.90 Å². The van der Waals surface area contributed by atoms with Crippen molar-refractivity contribution in [3.8, 4) is 0 Å². The van der Waals surface area contributed by atoms with Gasteiger partial charge in [0.25, 0.3) is 0 Å². The fourth-order valence-electron chi connectivity index (χ4n) is 3.36. The van der Waals surface area contributed by atoms with Gasteiger partial charge in [0.05, 0.1) is 0 Å². The minimum Gasteiger partial charge on any atom is -0.353 e. The molecule has 1 aromatic heterocycles. The zero-order valence-corrected chi connectivity index (χ0v) is 14.6. The lowest BCUT2D eigenvalue weighted by molar-refractivity contribution is -0.126. The summed E-state index contributed by atoms with van der Waals surface area (Å²) in [5.41, 5.74) is 1.07. The number of piperazine rings is 1. The van der Waals surface area contributed by atoms with Crippen LogP contribution in [0.4, 0.5) is 5.82 Å². The fraction of sp³-hybridized carbons (Fsp3) is 0.182. The number of carbonyl (C=O) groups excluding carboxylic acids is 1. The molecule has 130 valence electrons. The Hall–Kier alpha value is -3.14. The highest BCUT2D eigenvalue weighted by Gasteiger charge is 2.20. The maximum atomic E-state index is 12.6. The van der Waals surface area contributed by atoms with E-state index in [9.17, 15) is 4.79 Å². The molecule has 4 rings (SSSR count). The molecule has 1 amide bonds. The Morgan fingerprint density at radius 3 is 2.46 bits per heavy atom. The first kappa shape index (κ1) is 16.3. The van der Waals surface area contributed by atoms with Crippen LogP contribution in [-0.2, 0) is 4.79 Å². The lowest BCUT2D eigenvalue weighted by atomic mass is 10.0. The third kappa shape index (κ3) is 3.45. The van der Waals surface area contributed by atoms with Crippen molar-refractivity contribution in [2.75, 3.05) is 31.1 Å². The first-order valence-electron chi connectivity index (χ1n) is 8.92. The molecule has 1 saturated heterocycles. The van der Waals surface area contributed by atoms with Crippen LogP contribution in [0.2, 0.25) is 0 Å². The Morgan fingerprint density at radius 1 is 0.885 bits per heavy atom. The SMILES string of the molecule is O=C(/C=C/c1cccc2ccccc12)N1CCN(c2ccccn2)CC1. The Morgan fingerprint density at radius 2 is 1.65 bits per heavy atom. The molecule has 0 aliphatic carbocycles. The molecule has 0 unspecified atom stereocenters. The zero-order chi connectivity index (χ0) is 17.8. The topological polar surface area (TPSA) is 36.4 Å². The largest absolute Gasteiger partial charge is 0.353 e. The van der Waals surface area contributed by atoms with Crippen LogP contribution in [0, 0.1) is 0 Å².